The van der Waals surface area contributed by atoms with Crippen LogP contribution in [-0.4, -0.2) is 57.1 Å². The van der Waals surface area contributed by atoms with Gasteiger partial charge in [0.2, 0.25) is 0 Å². The zero-order chi connectivity index (χ0) is 19.8. The van der Waals surface area contributed by atoms with Gasteiger partial charge in [0.1, 0.15) is 0 Å². The van der Waals surface area contributed by atoms with Gasteiger partial charge in [0.15, 0.2) is 5.69 Å². The Kier molecular flexibility index (Phi) is 4.91. The molecule has 7 heteroatoms. The van der Waals surface area contributed by atoms with Crippen molar-refractivity contribution in [1.29, 1.82) is 0 Å². The van der Waals surface area contributed by atoms with E-state index in [4.69, 9.17) is 4.98 Å². The van der Waals surface area contributed by atoms with Crippen LogP contribution in [0.25, 0.3) is 0 Å². The third-order valence-corrected chi connectivity index (χ3v) is 7.39. The van der Waals surface area contributed by atoms with E-state index in [2.05, 4.69) is 33.3 Å². The number of hydrogen-bond donors (Lipinski definition) is 0. The molecule has 1 amide bonds. The van der Waals surface area contributed by atoms with E-state index in [0.29, 0.717) is 11.6 Å². The van der Waals surface area contributed by atoms with Crippen LogP contribution >= 0.6 is 11.3 Å². The number of allylic oxidation sites excluding steroid dienone is 3. The van der Waals surface area contributed by atoms with E-state index in [0.717, 1.165) is 57.6 Å². The van der Waals surface area contributed by atoms with Crippen molar-refractivity contribution >= 4 is 17.2 Å². The Morgan fingerprint density at radius 2 is 1.90 bits per heavy atom. The standard InChI is InChI=1S/C22H25N5OS/c1-15-5-6-19(25-24-15)22(28)27-11-7-16(8-12-27)21-23-18-9-13-26(17-3-2-4-17)14-10-20(18)29-21/h2-6,16H,7-14H2,1H3. The number of hydrogen-bond acceptors (Lipinski definition) is 6. The van der Waals surface area contributed by atoms with Gasteiger partial charge < -0.3 is 9.80 Å². The molecule has 0 atom stereocenters. The van der Waals surface area contributed by atoms with E-state index in [9.17, 15) is 4.79 Å². The van der Waals surface area contributed by atoms with E-state index < -0.39 is 0 Å². The Labute approximate surface area is 175 Å². The van der Waals surface area contributed by atoms with Gasteiger partial charge in [0.05, 0.1) is 16.4 Å². The molecule has 5 rings (SSSR count). The predicted molar refractivity (Wildman–Crippen MR) is 113 cm³/mol. The van der Waals surface area contributed by atoms with Gasteiger partial charge in [-0.15, -0.1) is 16.4 Å². The van der Waals surface area contributed by atoms with Crippen LogP contribution in [0.4, 0.5) is 0 Å². The normalized spacial score (nSPS) is 19.4. The summed E-state index contributed by atoms with van der Waals surface area (Å²) in [5.41, 5.74) is 3.92. The van der Waals surface area contributed by atoms with Gasteiger partial charge in [-0.25, -0.2) is 4.98 Å². The van der Waals surface area contributed by atoms with Gasteiger partial charge in [-0.3, -0.25) is 4.79 Å². The number of thiazole rings is 1. The first kappa shape index (κ1) is 18.5. The van der Waals surface area contributed by atoms with Gasteiger partial charge in [-0.2, -0.15) is 5.10 Å². The predicted octanol–water partition coefficient (Wildman–Crippen LogP) is 3.12. The Hall–Kier alpha value is -2.54. The minimum absolute atomic E-state index is 0.00897. The summed E-state index contributed by atoms with van der Waals surface area (Å²) < 4.78 is 0. The fraction of sp³-hybridized carbons (Fsp3) is 0.455. The number of rotatable bonds is 3. The molecule has 3 aliphatic rings. The molecule has 1 aliphatic carbocycles. The molecule has 0 aromatic carbocycles. The van der Waals surface area contributed by atoms with Crippen molar-refractivity contribution in [2.75, 3.05) is 26.2 Å². The summed E-state index contributed by atoms with van der Waals surface area (Å²) in [4.78, 5) is 23.5. The van der Waals surface area contributed by atoms with E-state index in [1.807, 2.05) is 29.2 Å². The highest BCUT2D eigenvalue weighted by Crippen LogP contribution is 2.34. The van der Waals surface area contributed by atoms with Crippen LogP contribution in [0, 0.1) is 6.92 Å². The molecule has 2 aromatic heterocycles. The number of piperidine rings is 1. The summed E-state index contributed by atoms with van der Waals surface area (Å²) in [6, 6.07) is 3.61. The summed E-state index contributed by atoms with van der Waals surface area (Å²) in [7, 11) is 0. The molecule has 4 heterocycles. The summed E-state index contributed by atoms with van der Waals surface area (Å²) in [6.07, 6.45) is 10.5. The van der Waals surface area contributed by atoms with Crippen LogP contribution in [0.5, 0.6) is 0 Å². The minimum Gasteiger partial charge on any atom is -0.371 e. The number of fused-ring (bicyclic) bond motifs is 1. The quantitative estimate of drug-likeness (QED) is 0.782. The molecule has 0 bridgehead atoms. The van der Waals surface area contributed by atoms with Gasteiger partial charge in [0.25, 0.3) is 5.91 Å². The molecule has 1 fully saturated rings. The molecule has 0 radical (unpaired) electrons. The maximum absolute atomic E-state index is 12.7. The average Bonchev–Trinajstić information content (AvgIpc) is 3.02. The van der Waals surface area contributed by atoms with Gasteiger partial charge in [-0.05, 0) is 44.1 Å². The van der Waals surface area contributed by atoms with Crippen molar-refractivity contribution < 1.29 is 4.79 Å². The first-order chi connectivity index (χ1) is 14.2. The summed E-state index contributed by atoms with van der Waals surface area (Å²) in [5, 5.41) is 9.33. The minimum atomic E-state index is -0.00897. The van der Waals surface area contributed by atoms with Crippen molar-refractivity contribution in [2.45, 2.75) is 38.5 Å². The molecule has 0 unspecified atom stereocenters. The van der Waals surface area contributed by atoms with E-state index >= 15 is 0 Å². The monoisotopic (exact) mass is 407 g/mol. The van der Waals surface area contributed by atoms with Crippen molar-refractivity contribution in [1.82, 2.24) is 25.0 Å². The first-order valence-corrected chi connectivity index (χ1v) is 11.2. The maximum Gasteiger partial charge on any atom is 0.274 e. The van der Waals surface area contributed by atoms with Crippen molar-refractivity contribution in [2.24, 2.45) is 0 Å². The van der Waals surface area contributed by atoms with Crippen molar-refractivity contribution in [3.63, 3.8) is 0 Å². The zero-order valence-corrected chi connectivity index (χ0v) is 17.5. The van der Waals surface area contributed by atoms with Gasteiger partial charge >= 0.3 is 0 Å². The molecule has 1 saturated heterocycles. The number of carbonyl (C=O) groups excluding carboxylic acids is 1. The summed E-state index contributed by atoms with van der Waals surface area (Å²) in [5.74, 6) is 0.457. The number of amides is 1. The molecule has 2 aliphatic heterocycles. The second-order valence-electron chi connectivity index (χ2n) is 7.99. The number of carbonyl (C=O) groups is 1. The Bertz CT molecular complexity index is 944. The van der Waals surface area contributed by atoms with Crippen molar-refractivity contribution in [3.8, 4) is 0 Å². The maximum atomic E-state index is 12.7. The molecule has 0 N–H and O–H groups in total. The fourth-order valence-corrected chi connectivity index (χ4v) is 5.48. The summed E-state index contributed by atoms with van der Waals surface area (Å²) >= 11 is 1.90. The Morgan fingerprint density at radius 1 is 1.10 bits per heavy atom. The second-order valence-corrected chi connectivity index (χ2v) is 9.10. The molecule has 2 aromatic rings. The van der Waals surface area contributed by atoms with Crippen LogP contribution < -0.4 is 0 Å². The molecular weight excluding hydrogens is 382 g/mol. The van der Waals surface area contributed by atoms with E-state index in [-0.39, 0.29) is 5.91 Å². The van der Waals surface area contributed by atoms with E-state index in [1.165, 1.54) is 21.3 Å². The highest BCUT2D eigenvalue weighted by Gasteiger charge is 2.29. The third kappa shape index (κ3) is 3.71. The van der Waals surface area contributed by atoms with E-state index in [1.54, 1.807) is 6.07 Å². The average molecular weight is 408 g/mol. The van der Waals surface area contributed by atoms with Crippen LogP contribution in [0.3, 0.4) is 0 Å². The van der Waals surface area contributed by atoms with Gasteiger partial charge in [0, 0.05) is 55.5 Å². The first-order valence-electron chi connectivity index (χ1n) is 10.4. The molecule has 6 nitrogen and oxygen atoms in total. The van der Waals surface area contributed by atoms with Crippen LogP contribution in [0.2, 0.25) is 0 Å². The van der Waals surface area contributed by atoms with Crippen LogP contribution in [0.15, 0.2) is 36.1 Å². The number of likely N-dealkylation sites (tertiary alicyclic amines) is 1. The topological polar surface area (TPSA) is 62.2 Å². The largest absolute Gasteiger partial charge is 0.371 e. The molecule has 0 saturated carbocycles. The van der Waals surface area contributed by atoms with Crippen molar-refractivity contribution in [3.05, 3.63) is 63.0 Å². The molecule has 0 spiro atoms. The lowest BCUT2D eigenvalue weighted by Gasteiger charge is -2.30. The molecule has 29 heavy (non-hydrogen) atoms. The second kappa shape index (κ2) is 7.71. The zero-order valence-electron chi connectivity index (χ0n) is 16.7. The lowest BCUT2D eigenvalue weighted by Crippen LogP contribution is -2.38. The number of aryl methyl sites for hydroxylation is 1. The highest BCUT2D eigenvalue weighted by molar-refractivity contribution is 7.11. The molecular formula is C22H25N5OS. The number of nitrogens with zero attached hydrogens (tertiary/aromatic N) is 5. The molecule has 150 valence electrons. The summed E-state index contributed by atoms with van der Waals surface area (Å²) in [6.45, 7) is 5.53. The Balaban J connectivity index is 1.20. The number of aromatic nitrogens is 3. The van der Waals surface area contributed by atoms with Crippen LogP contribution in [0.1, 0.15) is 50.5 Å². The lowest BCUT2D eigenvalue weighted by molar-refractivity contribution is 0.0705. The lowest BCUT2D eigenvalue weighted by atomic mass is 9.97. The fourth-order valence-electron chi connectivity index (χ4n) is 4.21. The smallest absolute Gasteiger partial charge is 0.274 e. The highest BCUT2D eigenvalue weighted by atomic mass is 32.1. The van der Waals surface area contributed by atoms with Gasteiger partial charge in [-0.1, -0.05) is 6.08 Å². The Morgan fingerprint density at radius 3 is 2.59 bits per heavy atom. The SMILES string of the molecule is Cc1ccc(C(=O)N2CCC(c3nc4c(s3)CCN(C3=CC=C3)CC4)CC2)nn1. The third-order valence-electron chi connectivity index (χ3n) is 6.07. The van der Waals surface area contributed by atoms with Crippen LogP contribution in [-0.2, 0) is 12.8 Å².